The minimum absolute atomic E-state index is 0.138. The van der Waals surface area contributed by atoms with E-state index >= 15 is 0 Å². The largest absolute Gasteiger partial charge is 0.459 e. The molecule has 14 heavy (non-hydrogen) atoms. The lowest BCUT2D eigenvalue weighted by Gasteiger charge is -2.03. The molecular weight excluding hydrogens is 204 g/mol. The van der Waals surface area contributed by atoms with Crippen LogP contribution < -0.4 is 0 Å². The Morgan fingerprint density at radius 1 is 1.57 bits per heavy atom. The van der Waals surface area contributed by atoms with Gasteiger partial charge in [-0.1, -0.05) is 11.8 Å². The minimum Gasteiger partial charge on any atom is -0.459 e. The molecule has 2 heterocycles. The number of hydrogen-bond donors (Lipinski definition) is 1. The zero-order valence-corrected chi connectivity index (χ0v) is 8.41. The second-order valence-electron chi connectivity index (χ2n) is 3.01. The molecule has 0 aromatic carbocycles. The molecule has 2 rings (SSSR count). The van der Waals surface area contributed by atoms with Crippen molar-refractivity contribution in [2.45, 2.75) is 24.2 Å². The van der Waals surface area contributed by atoms with Crippen molar-refractivity contribution in [3.63, 3.8) is 0 Å². The van der Waals surface area contributed by atoms with Gasteiger partial charge >= 0.3 is 5.97 Å². The second-order valence-corrected chi connectivity index (χ2v) is 4.42. The van der Waals surface area contributed by atoms with Crippen molar-refractivity contribution in [1.29, 1.82) is 0 Å². The van der Waals surface area contributed by atoms with Gasteiger partial charge in [0.05, 0.1) is 0 Å². The summed E-state index contributed by atoms with van der Waals surface area (Å²) in [5.41, 5.74) is -0.363. The number of thioether (sulfide) groups is 1. The summed E-state index contributed by atoms with van der Waals surface area (Å²) in [7, 11) is 0. The van der Waals surface area contributed by atoms with E-state index in [-0.39, 0.29) is 23.3 Å². The van der Waals surface area contributed by atoms with E-state index in [1.807, 2.05) is 0 Å². The molecule has 0 amide bonds. The Kier molecular flexibility index (Phi) is 2.52. The van der Waals surface area contributed by atoms with E-state index in [4.69, 9.17) is 14.3 Å². The van der Waals surface area contributed by atoms with Gasteiger partial charge in [0.15, 0.2) is 5.76 Å². The standard InChI is InChI=1S/C9H10O4S/c1-5-8(11)13-9(14-5)7-3-2-6(4-10)12-7/h2-3,5,9-10H,4H2,1H3. The van der Waals surface area contributed by atoms with Crippen LogP contribution in [-0.2, 0) is 16.1 Å². The lowest BCUT2D eigenvalue weighted by molar-refractivity contribution is -0.142. The zero-order valence-electron chi connectivity index (χ0n) is 7.60. The van der Waals surface area contributed by atoms with Gasteiger partial charge in [0.2, 0.25) is 5.44 Å². The van der Waals surface area contributed by atoms with Crippen molar-refractivity contribution in [2.24, 2.45) is 0 Å². The molecule has 1 aliphatic rings. The maximum Gasteiger partial charge on any atom is 0.320 e. The van der Waals surface area contributed by atoms with E-state index in [0.717, 1.165) is 0 Å². The summed E-state index contributed by atoms with van der Waals surface area (Å²) in [6, 6.07) is 3.39. The maximum absolute atomic E-state index is 11.1. The van der Waals surface area contributed by atoms with E-state index in [1.165, 1.54) is 11.8 Å². The lowest BCUT2D eigenvalue weighted by atomic mass is 10.4. The summed E-state index contributed by atoms with van der Waals surface area (Å²) in [5.74, 6) is 0.843. The summed E-state index contributed by atoms with van der Waals surface area (Å²) in [4.78, 5) is 11.1. The lowest BCUT2D eigenvalue weighted by Crippen LogP contribution is -2.06. The molecule has 0 radical (unpaired) electrons. The molecule has 1 aromatic heterocycles. The van der Waals surface area contributed by atoms with Crippen LogP contribution in [0.25, 0.3) is 0 Å². The number of aliphatic hydroxyl groups excluding tert-OH is 1. The van der Waals surface area contributed by atoms with Crippen LogP contribution in [0.1, 0.15) is 23.9 Å². The Morgan fingerprint density at radius 3 is 2.86 bits per heavy atom. The van der Waals surface area contributed by atoms with Crippen molar-refractivity contribution in [3.8, 4) is 0 Å². The number of aliphatic hydroxyl groups is 1. The molecule has 0 spiro atoms. The molecule has 0 aliphatic carbocycles. The van der Waals surface area contributed by atoms with Crippen LogP contribution >= 0.6 is 11.8 Å². The second kappa shape index (κ2) is 3.67. The fourth-order valence-electron chi connectivity index (χ4n) is 1.20. The van der Waals surface area contributed by atoms with Gasteiger partial charge in [-0.3, -0.25) is 4.79 Å². The first-order chi connectivity index (χ1) is 6.70. The first kappa shape index (κ1) is 9.61. The molecule has 1 aliphatic heterocycles. The van der Waals surface area contributed by atoms with Crippen molar-refractivity contribution in [3.05, 3.63) is 23.7 Å². The molecular formula is C9H10O4S. The summed E-state index contributed by atoms with van der Waals surface area (Å²) in [6.45, 7) is 1.66. The smallest absolute Gasteiger partial charge is 0.320 e. The molecule has 1 aromatic rings. The van der Waals surface area contributed by atoms with Crippen LogP contribution in [0.5, 0.6) is 0 Å². The number of carbonyl (C=O) groups is 1. The number of ether oxygens (including phenoxy) is 1. The molecule has 1 saturated heterocycles. The Labute approximate surface area is 85.2 Å². The molecule has 1 N–H and O–H groups in total. The van der Waals surface area contributed by atoms with Gasteiger partial charge in [0, 0.05) is 0 Å². The summed E-state index contributed by atoms with van der Waals surface area (Å²) < 4.78 is 10.3. The highest BCUT2D eigenvalue weighted by Gasteiger charge is 2.34. The number of carbonyl (C=O) groups excluding carboxylic acids is 1. The Bertz CT molecular complexity index is 346. The normalized spacial score (nSPS) is 26.6. The third kappa shape index (κ3) is 1.65. The zero-order chi connectivity index (χ0) is 10.1. The molecule has 76 valence electrons. The third-order valence-electron chi connectivity index (χ3n) is 1.95. The number of cyclic esters (lactones) is 1. The summed E-state index contributed by atoms with van der Waals surface area (Å²) >= 11 is 1.40. The number of esters is 1. The average molecular weight is 214 g/mol. The predicted molar refractivity (Wildman–Crippen MR) is 50.5 cm³/mol. The highest BCUT2D eigenvalue weighted by molar-refractivity contribution is 8.01. The van der Waals surface area contributed by atoms with Gasteiger partial charge < -0.3 is 14.3 Å². The van der Waals surface area contributed by atoms with E-state index in [2.05, 4.69) is 0 Å². The van der Waals surface area contributed by atoms with E-state index < -0.39 is 0 Å². The fraction of sp³-hybridized carbons (Fsp3) is 0.444. The van der Waals surface area contributed by atoms with Gasteiger partial charge in [-0.05, 0) is 19.1 Å². The highest BCUT2D eigenvalue weighted by Crippen LogP contribution is 2.40. The van der Waals surface area contributed by atoms with Gasteiger partial charge in [0.1, 0.15) is 17.6 Å². The fourth-order valence-corrected chi connectivity index (χ4v) is 2.15. The maximum atomic E-state index is 11.1. The van der Waals surface area contributed by atoms with Crippen LogP contribution in [0, 0.1) is 0 Å². The Balaban J connectivity index is 2.13. The van der Waals surface area contributed by atoms with E-state index in [9.17, 15) is 4.79 Å². The van der Waals surface area contributed by atoms with Crippen LogP contribution in [0.2, 0.25) is 0 Å². The van der Waals surface area contributed by atoms with Gasteiger partial charge in [-0.2, -0.15) is 0 Å². The predicted octanol–water partition coefficient (Wildman–Crippen LogP) is 1.45. The first-order valence-corrected chi connectivity index (χ1v) is 5.20. The van der Waals surface area contributed by atoms with Crippen LogP contribution in [0.3, 0.4) is 0 Å². The monoisotopic (exact) mass is 214 g/mol. The molecule has 2 unspecified atom stereocenters. The summed E-state index contributed by atoms with van der Waals surface area (Å²) in [6.07, 6.45) is 0. The van der Waals surface area contributed by atoms with Crippen molar-refractivity contribution in [1.82, 2.24) is 0 Å². The quantitative estimate of drug-likeness (QED) is 0.755. The van der Waals surface area contributed by atoms with Crippen molar-refractivity contribution in [2.75, 3.05) is 0 Å². The van der Waals surface area contributed by atoms with Gasteiger partial charge in [-0.25, -0.2) is 0 Å². The number of furan rings is 1. The Morgan fingerprint density at radius 2 is 2.36 bits per heavy atom. The Hall–Kier alpha value is -0.940. The molecule has 1 fully saturated rings. The van der Waals surface area contributed by atoms with Crippen LogP contribution in [-0.4, -0.2) is 16.3 Å². The van der Waals surface area contributed by atoms with E-state index in [1.54, 1.807) is 19.1 Å². The highest BCUT2D eigenvalue weighted by atomic mass is 32.2. The topological polar surface area (TPSA) is 59.7 Å². The minimum atomic E-state index is -0.363. The SMILES string of the molecule is CC1SC(c2ccc(CO)o2)OC1=O. The van der Waals surface area contributed by atoms with E-state index in [0.29, 0.717) is 11.5 Å². The number of rotatable bonds is 2. The molecule has 5 heteroatoms. The van der Waals surface area contributed by atoms with Crippen molar-refractivity contribution >= 4 is 17.7 Å². The molecule has 0 saturated carbocycles. The molecule has 0 bridgehead atoms. The van der Waals surface area contributed by atoms with Crippen LogP contribution in [0.15, 0.2) is 16.5 Å². The average Bonchev–Trinajstić information content (AvgIpc) is 2.74. The van der Waals surface area contributed by atoms with Gasteiger partial charge in [0.25, 0.3) is 0 Å². The van der Waals surface area contributed by atoms with Gasteiger partial charge in [-0.15, -0.1) is 0 Å². The summed E-state index contributed by atoms with van der Waals surface area (Å²) in [5, 5.41) is 8.64. The molecule has 4 nitrogen and oxygen atoms in total. The van der Waals surface area contributed by atoms with Crippen molar-refractivity contribution < 1.29 is 19.1 Å². The molecule has 2 atom stereocenters. The number of hydrogen-bond acceptors (Lipinski definition) is 5. The first-order valence-electron chi connectivity index (χ1n) is 4.26. The van der Waals surface area contributed by atoms with Crippen LogP contribution in [0.4, 0.5) is 0 Å². The third-order valence-corrected chi connectivity index (χ3v) is 3.13.